The molecule has 4 aliphatic rings. The molecule has 0 saturated heterocycles. The third kappa shape index (κ3) is 4.69. The van der Waals surface area contributed by atoms with E-state index in [0.29, 0.717) is 23.5 Å². The molecule has 0 aromatic rings. The highest BCUT2D eigenvalue weighted by Gasteiger charge is 2.60. The van der Waals surface area contributed by atoms with E-state index in [1.165, 1.54) is 64.2 Å². The molecule has 186 valence electrons. The van der Waals surface area contributed by atoms with E-state index in [-0.39, 0.29) is 6.61 Å². The van der Waals surface area contributed by atoms with Crippen molar-refractivity contribution in [2.24, 2.45) is 46.3 Å². The fourth-order valence-corrected chi connectivity index (χ4v) is 9.62. The zero-order valence-electron chi connectivity index (χ0n) is 21.7. The molecule has 0 amide bonds. The molecule has 0 aliphatic heterocycles. The number of hydrogen-bond acceptors (Lipinski definition) is 3. The Balaban J connectivity index is 1.40. The van der Waals surface area contributed by atoms with Gasteiger partial charge in [0.2, 0.25) is 0 Å². The summed E-state index contributed by atoms with van der Waals surface area (Å²) in [6.07, 6.45) is 16.1. The van der Waals surface area contributed by atoms with Crippen LogP contribution < -0.4 is 0 Å². The molecule has 4 saturated carbocycles. The van der Waals surface area contributed by atoms with Crippen molar-refractivity contribution >= 4 is 0 Å². The highest BCUT2D eigenvalue weighted by Crippen LogP contribution is 2.68. The van der Waals surface area contributed by atoms with Crippen molar-refractivity contribution in [2.45, 2.75) is 123 Å². The Hall–Kier alpha value is -0.120. The van der Waals surface area contributed by atoms with Gasteiger partial charge in [-0.05, 0) is 124 Å². The lowest BCUT2D eigenvalue weighted by Gasteiger charge is -2.61. The van der Waals surface area contributed by atoms with E-state index in [0.717, 1.165) is 48.3 Å². The van der Waals surface area contributed by atoms with Crippen LogP contribution in [0.3, 0.4) is 0 Å². The summed E-state index contributed by atoms with van der Waals surface area (Å²) in [6, 6.07) is 0. The Morgan fingerprint density at radius 1 is 0.969 bits per heavy atom. The topological polar surface area (TPSA) is 49.7 Å². The third-order valence-electron chi connectivity index (χ3n) is 11.3. The summed E-state index contributed by atoms with van der Waals surface area (Å²) in [7, 11) is 0. The van der Waals surface area contributed by atoms with Gasteiger partial charge in [-0.25, -0.2) is 0 Å². The number of aliphatic hydroxyl groups is 2. The minimum Gasteiger partial charge on any atom is -0.394 e. The predicted molar refractivity (Wildman–Crippen MR) is 131 cm³/mol. The second kappa shape index (κ2) is 9.50. The zero-order chi connectivity index (χ0) is 23.1. The molecule has 0 aromatic heterocycles. The molecular weight excluding hydrogens is 396 g/mol. The maximum atomic E-state index is 10.1. The molecule has 3 heteroatoms. The van der Waals surface area contributed by atoms with Crippen molar-refractivity contribution in [3.05, 3.63) is 0 Å². The van der Waals surface area contributed by atoms with Gasteiger partial charge in [0.05, 0.1) is 24.9 Å². The van der Waals surface area contributed by atoms with Crippen LogP contribution in [-0.2, 0) is 4.74 Å². The normalized spacial score (nSPS) is 45.1. The molecule has 9 atom stereocenters. The van der Waals surface area contributed by atoms with Crippen LogP contribution in [-0.4, -0.2) is 35.1 Å². The summed E-state index contributed by atoms with van der Waals surface area (Å²) in [5.41, 5.74) is 0.537. The minimum absolute atomic E-state index is 0.154. The summed E-state index contributed by atoms with van der Waals surface area (Å²) < 4.78 is 5.98. The Morgan fingerprint density at radius 2 is 1.69 bits per heavy atom. The highest BCUT2D eigenvalue weighted by atomic mass is 16.5. The number of ether oxygens (including phenoxy) is 1. The third-order valence-corrected chi connectivity index (χ3v) is 11.3. The largest absolute Gasteiger partial charge is 0.394 e. The van der Waals surface area contributed by atoms with Crippen molar-refractivity contribution < 1.29 is 14.9 Å². The van der Waals surface area contributed by atoms with Crippen LogP contribution in [0.4, 0.5) is 0 Å². The van der Waals surface area contributed by atoms with Crippen LogP contribution in [0.5, 0.6) is 0 Å². The van der Waals surface area contributed by atoms with Gasteiger partial charge in [-0.2, -0.15) is 0 Å². The van der Waals surface area contributed by atoms with E-state index in [1.807, 2.05) is 13.8 Å². The van der Waals surface area contributed by atoms with Gasteiger partial charge in [-0.3, -0.25) is 0 Å². The van der Waals surface area contributed by atoms with Gasteiger partial charge in [0, 0.05) is 0 Å². The Bertz CT molecular complexity index is 626. The highest BCUT2D eigenvalue weighted by molar-refractivity contribution is 5.09. The summed E-state index contributed by atoms with van der Waals surface area (Å²) in [5.74, 6) is 5.28. The SMILES string of the molecule is C[C@H](CCCC(C)(C)O)[C@H]1CC[C@H]2[C@@H]3CC[C@H]4C[C@@H](OCCO)CC[C@]4(C)[C@H]3CC[C@]12C. The van der Waals surface area contributed by atoms with Gasteiger partial charge in [-0.15, -0.1) is 0 Å². The first-order valence-electron chi connectivity index (χ1n) is 14.0. The molecule has 4 rings (SSSR count). The molecule has 4 aliphatic carbocycles. The summed E-state index contributed by atoms with van der Waals surface area (Å²) in [4.78, 5) is 0. The second-order valence-electron chi connectivity index (χ2n) is 13.6. The Morgan fingerprint density at radius 3 is 2.41 bits per heavy atom. The Kier molecular flexibility index (Phi) is 7.42. The van der Waals surface area contributed by atoms with Crippen molar-refractivity contribution in [1.29, 1.82) is 0 Å². The van der Waals surface area contributed by atoms with E-state index in [9.17, 15) is 5.11 Å². The fourth-order valence-electron chi connectivity index (χ4n) is 9.62. The molecule has 0 heterocycles. The average Bonchev–Trinajstić information content (AvgIpc) is 3.08. The molecule has 3 nitrogen and oxygen atoms in total. The quantitative estimate of drug-likeness (QED) is 0.440. The summed E-state index contributed by atoms with van der Waals surface area (Å²) in [6.45, 7) is 12.4. The van der Waals surface area contributed by atoms with Gasteiger partial charge in [0.25, 0.3) is 0 Å². The van der Waals surface area contributed by atoms with Gasteiger partial charge in [0.1, 0.15) is 0 Å². The molecule has 2 N–H and O–H groups in total. The molecule has 0 spiro atoms. The lowest BCUT2D eigenvalue weighted by Crippen LogP contribution is -2.54. The van der Waals surface area contributed by atoms with E-state index in [4.69, 9.17) is 9.84 Å². The van der Waals surface area contributed by atoms with Crippen LogP contribution >= 0.6 is 0 Å². The number of hydrogen-bond donors (Lipinski definition) is 2. The molecule has 0 bridgehead atoms. The first kappa shape index (κ1) is 25.0. The summed E-state index contributed by atoms with van der Waals surface area (Å²) >= 11 is 0. The lowest BCUT2D eigenvalue weighted by atomic mass is 9.44. The minimum atomic E-state index is -0.518. The molecule has 32 heavy (non-hydrogen) atoms. The van der Waals surface area contributed by atoms with Gasteiger partial charge in [0.15, 0.2) is 0 Å². The van der Waals surface area contributed by atoms with Gasteiger partial charge >= 0.3 is 0 Å². The number of fused-ring (bicyclic) bond motifs is 5. The van der Waals surface area contributed by atoms with Gasteiger partial charge in [-0.1, -0.05) is 33.6 Å². The van der Waals surface area contributed by atoms with Crippen LogP contribution in [0, 0.1) is 46.3 Å². The van der Waals surface area contributed by atoms with E-state index in [2.05, 4.69) is 20.8 Å². The lowest BCUT2D eigenvalue weighted by molar-refractivity contribution is -0.138. The fraction of sp³-hybridized carbons (Fsp3) is 1.00. The van der Waals surface area contributed by atoms with Crippen molar-refractivity contribution in [2.75, 3.05) is 13.2 Å². The molecule has 0 unspecified atom stereocenters. The predicted octanol–water partition coefficient (Wildman–Crippen LogP) is 6.60. The van der Waals surface area contributed by atoms with Gasteiger partial charge < -0.3 is 14.9 Å². The standard InChI is InChI=1S/C29H52O3/c1-20(7-6-14-27(2,3)31)24-10-11-25-23-9-8-21-19-22(32-18-17-30)12-15-28(21,4)26(23)13-16-29(24,25)5/h20-26,30-31H,6-19H2,1-5H3/t20-,21+,22+,23+,24-,25+,26+,28+,29-/m1/s1. The van der Waals surface area contributed by atoms with E-state index < -0.39 is 5.60 Å². The monoisotopic (exact) mass is 448 g/mol. The van der Waals surface area contributed by atoms with Crippen molar-refractivity contribution in [1.82, 2.24) is 0 Å². The molecular formula is C29H52O3. The maximum absolute atomic E-state index is 10.1. The summed E-state index contributed by atoms with van der Waals surface area (Å²) in [5, 5.41) is 19.3. The van der Waals surface area contributed by atoms with Crippen molar-refractivity contribution in [3.63, 3.8) is 0 Å². The zero-order valence-corrected chi connectivity index (χ0v) is 21.7. The van der Waals surface area contributed by atoms with Crippen LogP contribution in [0.2, 0.25) is 0 Å². The van der Waals surface area contributed by atoms with E-state index in [1.54, 1.807) is 0 Å². The number of aliphatic hydroxyl groups excluding tert-OH is 1. The maximum Gasteiger partial charge on any atom is 0.0701 e. The number of rotatable bonds is 8. The van der Waals surface area contributed by atoms with Crippen molar-refractivity contribution in [3.8, 4) is 0 Å². The first-order chi connectivity index (χ1) is 15.1. The first-order valence-corrected chi connectivity index (χ1v) is 14.0. The molecule has 0 aromatic carbocycles. The Labute approximate surface area is 198 Å². The average molecular weight is 449 g/mol. The van der Waals surface area contributed by atoms with Crippen LogP contribution in [0.15, 0.2) is 0 Å². The smallest absolute Gasteiger partial charge is 0.0701 e. The van der Waals surface area contributed by atoms with E-state index >= 15 is 0 Å². The van der Waals surface area contributed by atoms with Crippen LogP contribution in [0.1, 0.15) is 112 Å². The van der Waals surface area contributed by atoms with Crippen LogP contribution in [0.25, 0.3) is 0 Å². The molecule has 0 radical (unpaired) electrons. The second-order valence-corrected chi connectivity index (χ2v) is 13.6. The molecule has 4 fully saturated rings.